The van der Waals surface area contributed by atoms with Crippen LogP contribution in [0.1, 0.15) is 86.3 Å². The molecule has 1 unspecified atom stereocenters. The van der Waals surface area contributed by atoms with Crippen molar-refractivity contribution >= 4 is 23.9 Å². The highest BCUT2D eigenvalue weighted by molar-refractivity contribution is 5.95. The van der Waals surface area contributed by atoms with Crippen molar-refractivity contribution in [1.29, 1.82) is 0 Å². The van der Waals surface area contributed by atoms with Crippen molar-refractivity contribution in [2.24, 2.45) is 22.7 Å². The molecule has 9 rings (SSSR count). The molecule has 0 aromatic heterocycles. The summed E-state index contributed by atoms with van der Waals surface area (Å²) in [4.78, 5) is 47.4. The van der Waals surface area contributed by atoms with Crippen LogP contribution in [0.2, 0.25) is 0 Å². The molecule has 7 aliphatic rings. The SMILES string of the molecule is CC1(C)C[C@@H]2C(=Cc3ccc(CN4O[C@@H]5[C@H]6OCO[C@H]6[C@@H]6C[C@]5(C(=O)NCc5cccc(C(=O)NCCO)c5)[C@@H]4C(=O)O6)cc3)CCC3O[C@]3(C)CC[C@H]21. The van der Waals surface area contributed by atoms with Gasteiger partial charge in [0, 0.05) is 25.1 Å². The number of carbonyl (C=O) groups is 3. The van der Waals surface area contributed by atoms with Crippen LogP contribution in [0.3, 0.4) is 0 Å². The molecule has 4 saturated heterocycles. The number of epoxide rings is 1. The van der Waals surface area contributed by atoms with Crippen LogP contribution in [-0.4, -0.2) is 90.1 Å². The molecular weight excluding hydrogens is 690 g/mol. The first-order chi connectivity index (χ1) is 26.0. The summed E-state index contributed by atoms with van der Waals surface area (Å²) >= 11 is 0. The van der Waals surface area contributed by atoms with Crippen LogP contribution in [0.25, 0.3) is 6.08 Å². The summed E-state index contributed by atoms with van der Waals surface area (Å²) in [5, 5.41) is 16.4. The quantitative estimate of drug-likeness (QED) is 0.254. The van der Waals surface area contributed by atoms with E-state index in [4.69, 9.17) is 28.9 Å². The Morgan fingerprint density at radius 1 is 1.00 bits per heavy atom. The normalized spacial score (nSPS) is 38.1. The van der Waals surface area contributed by atoms with Crippen LogP contribution in [0.15, 0.2) is 54.1 Å². The highest BCUT2D eigenvalue weighted by Crippen LogP contribution is 2.60. The van der Waals surface area contributed by atoms with Gasteiger partial charge in [-0.2, -0.15) is 5.06 Å². The second-order valence-corrected chi connectivity index (χ2v) is 17.3. The van der Waals surface area contributed by atoms with Gasteiger partial charge >= 0.3 is 5.97 Å². The molecule has 54 heavy (non-hydrogen) atoms. The van der Waals surface area contributed by atoms with Crippen LogP contribution in [-0.2, 0) is 46.5 Å². The molecule has 4 heterocycles. The van der Waals surface area contributed by atoms with Crippen LogP contribution in [0.4, 0.5) is 0 Å². The third-order valence-corrected chi connectivity index (χ3v) is 13.6. The highest BCUT2D eigenvalue weighted by atomic mass is 16.8. The van der Waals surface area contributed by atoms with Crippen molar-refractivity contribution in [2.75, 3.05) is 19.9 Å². The summed E-state index contributed by atoms with van der Waals surface area (Å²) < 4.78 is 24.0. The summed E-state index contributed by atoms with van der Waals surface area (Å²) in [7, 11) is 0. The number of aliphatic hydroxyl groups is 1. The van der Waals surface area contributed by atoms with Gasteiger partial charge in [0.15, 0.2) is 6.04 Å². The van der Waals surface area contributed by atoms with E-state index in [9.17, 15) is 14.4 Å². The minimum atomic E-state index is -1.28. The fraction of sp³-hybridized carbons (Fsp3) is 0.595. The Labute approximate surface area is 315 Å². The van der Waals surface area contributed by atoms with Crippen LogP contribution >= 0.6 is 0 Å². The number of ether oxygens (including phenoxy) is 4. The zero-order valence-electron chi connectivity index (χ0n) is 31.3. The van der Waals surface area contributed by atoms with Gasteiger partial charge in [-0.15, -0.1) is 0 Å². The number of aliphatic hydroxyl groups excluding tert-OH is 1. The monoisotopic (exact) mass is 741 g/mol. The van der Waals surface area contributed by atoms with Crippen molar-refractivity contribution in [2.45, 2.75) is 115 Å². The minimum absolute atomic E-state index is 0.0276. The lowest BCUT2D eigenvalue weighted by Gasteiger charge is -2.53. The first-order valence-electron chi connectivity index (χ1n) is 19.6. The number of fused-ring (bicyclic) bond motifs is 6. The summed E-state index contributed by atoms with van der Waals surface area (Å²) in [6, 6.07) is 14.4. The smallest absolute Gasteiger partial charge is 0.327 e. The molecule has 2 bridgehead atoms. The molecule has 4 aliphatic heterocycles. The molecule has 2 amide bonds. The number of rotatable bonds is 9. The minimum Gasteiger partial charge on any atom is -0.458 e. The van der Waals surface area contributed by atoms with Crippen molar-refractivity contribution in [3.63, 3.8) is 0 Å². The number of nitrogens with one attached hydrogen (secondary N) is 2. The lowest BCUT2D eigenvalue weighted by atomic mass is 9.52. The first-order valence-corrected chi connectivity index (χ1v) is 19.6. The van der Waals surface area contributed by atoms with Crippen molar-refractivity contribution in [1.82, 2.24) is 15.7 Å². The molecule has 288 valence electrons. The van der Waals surface area contributed by atoms with Gasteiger partial charge in [-0.25, -0.2) is 0 Å². The number of nitrogens with zero attached hydrogens (tertiary/aromatic N) is 1. The predicted octanol–water partition coefficient (Wildman–Crippen LogP) is 4.04. The van der Waals surface area contributed by atoms with Crippen molar-refractivity contribution in [3.05, 3.63) is 76.4 Å². The molecule has 2 aromatic carbocycles. The highest BCUT2D eigenvalue weighted by Gasteiger charge is 2.74. The molecule has 3 saturated carbocycles. The van der Waals surface area contributed by atoms with E-state index in [-0.39, 0.29) is 56.9 Å². The molecule has 12 nitrogen and oxygen atoms in total. The zero-order chi connectivity index (χ0) is 37.4. The molecule has 0 spiro atoms. The molecule has 3 aliphatic carbocycles. The molecule has 0 radical (unpaired) electrons. The van der Waals surface area contributed by atoms with Crippen molar-refractivity contribution < 1.29 is 43.3 Å². The predicted molar refractivity (Wildman–Crippen MR) is 195 cm³/mol. The number of amides is 2. The molecular formula is C42H51N3O9. The largest absolute Gasteiger partial charge is 0.458 e. The van der Waals surface area contributed by atoms with E-state index in [2.05, 4.69) is 61.7 Å². The fourth-order valence-corrected chi connectivity index (χ4v) is 10.6. The lowest BCUT2D eigenvalue weighted by Crippen LogP contribution is -2.69. The number of allylic oxidation sites excluding steroid dienone is 1. The fourth-order valence-electron chi connectivity index (χ4n) is 10.6. The van der Waals surface area contributed by atoms with Gasteiger partial charge in [-0.1, -0.05) is 61.9 Å². The molecule has 12 heteroatoms. The second kappa shape index (κ2) is 13.5. The number of hydrogen-bond acceptors (Lipinski definition) is 10. The molecule has 10 atom stereocenters. The van der Waals surface area contributed by atoms with Crippen LogP contribution < -0.4 is 10.6 Å². The van der Waals surface area contributed by atoms with Gasteiger partial charge in [0.25, 0.3) is 5.91 Å². The Morgan fingerprint density at radius 2 is 1.81 bits per heavy atom. The standard InChI is InChI=1S/C42H51N3O9/c1-40(2)19-29-27(11-12-32-41(3,53-32)14-13-30(29)40)17-24-7-9-25(10-8-24)22-45-35-38(48)52-31-20-42(35,36(54-45)34-33(31)50-23-51-34)39(49)44-21-26-5-4-6-28(18-26)37(47)43-15-16-46/h4-10,17-18,29-36,46H,11-16,19-23H2,1-3H3,(H,43,47)(H,44,49)/t29-,30-,31+,32?,33+,34+,35+,36-,41-,42+/m1/s1. The van der Waals surface area contributed by atoms with E-state index >= 15 is 0 Å². The van der Waals surface area contributed by atoms with Gasteiger partial charge in [0.2, 0.25) is 5.91 Å². The Morgan fingerprint density at radius 3 is 2.61 bits per heavy atom. The average Bonchev–Trinajstić information content (AvgIpc) is 3.44. The van der Waals surface area contributed by atoms with E-state index in [0.29, 0.717) is 34.5 Å². The first kappa shape index (κ1) is 36.0. The topological polar surface area (TPSA) is 148 Å². The Hall–Kier alpha value is -3.65. The number of hydroxylamine groups is 2. The van der Waals surface area contributed by atoms with E-state index in [0.717, 1.165) is 30.4 Å². The molecule has 3 N–H and O–H groups in total. The van der Waals surface area contributed by atoms with E-state index < -0.39 is 41.8 Å². The Bertz CT molecular complexity index is 1850. The summed E-state index contributed by atoms with van der Waals surface area (Å²) in [6.07, 6.45) is 6.15. The maximum atomic E-state index is 14.4. The van der Waals surface area contributed by atoms with E-state index in [1.807, 2.05) is 6.07 Å². The average molecular weight is 742 g/mol. The number of benzene rings is 2. The van der Waals surface area contributed by atoms with Gasteiger partial charge in [-0.05, 0) is 85.1 Å². The van der Waals surface area contributed by atoms with Crippen LogP contribution in [0.5, 0.6) is 0 Å². The number of hydrogen-bond donors (Lipinski definition) is 3. The maximum absolute atomic E-state index is 14.4. The van der Waals surface area contributed by atoms with Gasteiger partial charge in [0.1, 0.15) is 36.6 Å². The summed E-state index contributed by atoms with van der Waals surface area (Å²) in [5.74, 6) is 0.106. The van der Waals surface area contributed by atoms with Gasteiger partial charge < -0.3 is 34.7 Å². The number of esters is 1. The number of carbonyl (C=O) groups excluding carboxylic acids is 3. The van der Waals surface area contributed by atoms with E-state index in [1.165, 1.54) is 18.4 Å². The summed E-state index contributed by atoms with van der Waals surface area (Å²) in [5.41, 5.74) is 3.87. The van der Waals surface area contributed by atoms with E-state index in [1.54, 1.807) is 23.3 Å². The summed E-state index contributed by atoms with van der Waals surface area (Å²) in [6.45, 7) is 7.51. The van der Waals surface area contributed by atoms with Crippen LogP contribution in [0, 0.1) is 22.7 Å². The third-order valence-electron chi connectivity index (χ3n) is 13.6. The Kier molecular flexibility index (Phi) is 9.02. The third kappa shape index (κ3) is 6.10. The molecule has 7 fully saturated rings. The van der Waals surface area contributed by atoms with Gasteiger partial charge in [0.05, 0.1) is 24.9 Å². The molecule has 2 aromatic rings. The van der Waals surface area contributed by atoms with Gasteiger partial charge in [-0.3, -0.25) is 19.2 Å². The second-order valence-electron chi connectivity index (χ2n) is 17.3. The van der Waals surface area contributed by atoms with Crippen molar-refractivity contribution in [3.8, 4) is 0 Å². The Balaban J connectivity index is 0.937. The lowest BCUT2D eigenvalue weighted by molar-refractivity contribution is -0.201. The zero-order valence-corrected chi connectivity index (χ0v) is 31.3. The maximum Gasteiger partial charge on any atom is 0.327 e.